The van der Waals surface area contributed by atoms with E-state index in [9.17, 15) is 13.2 Å². The molecule has 1 aliphatic carbocycles. The third-order valence-electron chi connectivity index (χ3n) is 5.22. The molecule has 26 heavy (non-hydrogen) atoms. The van der Waals surface area contributed by atoms with Gasteiger partial charge in [0.25, 0.3) is 5.91 Å². The van der Waals surface area contributed by atoms with Gasteiger partial charge < -0.3 is 4.90 Å². The van der Waals surface area contributed by atoms with Gasteiger partial charge in [0.1, 0.15) is 0 Å². The zero-order chi connectivity index (χ0) is 18.6. The minimum atomic E-state index is -3.63. The van der Waals surface area contributed by atoms with Crippen molar-refractivity contribution in [3.05, 3.63) is 29.8 Å². The van der Waals surface area contributed by atoms with Crippen LogP contribution in [0.2, 0.25) is 0 Å². The van der Waals surface area contributed by atoms with Gasteiger partial charge in [0, 0.05) is 37.8 Å². The molecule has 1 amide bonds. The van der Waals surface area contributed by atoms with E-state index in [-0.39, 0.29) is 17.3 Å². The second-order valence-corrected chi connectivity index (χ2v) is 8.59. The van der Waals surface area contributed by atoms with E-state index in [1.807, 2.05) is 4.90 Å². The summed E-state index contributed by atoms with van der Waals surface area (Å²) in [5, 5.41) is 0. The number of benzene rings is 1. The van der Waals surface area contributed by atoms with E-state index in [2.05, 4.69) is 15.5 Å². The first-order valence-electron chi connectivity index (χ1n) is 9.08. The van der Waals surface area contributed by atoms with Crippen LogP contribution in [0, 0.1) is 12.3 Å². The average Bonchev–Trinajstić information content (AvgIpc) is 3.21. The molecule has 0 unspecified atom stereocenters. The number of nitrogens with zero attached hydrogens (tertiary/aromatic N) is 2. The van der Waals surface area contributed by atoms with E-state index in [4.69, 9.17) is 6.42 Å². The molecule has 1 N–H and O–H groups in total. The fourth-order valence-electron chi connectivity index (χ4n) is 3.74. The minimum absolute atomic E-state index is 0.0448. The van der Waals surface area contributed by atoms with Crippen molar-refractivity contribution in [3.8, 4) is 12.3 Å². The second-order valence-electron chi connectivity index (χ2n) is 6.82. The van der Waals surface area contributed by atoms with Crippen molar-refractivity contribution in [1.29, 1.82) is 0 Å². The van der Waals surface area contributed by atoms with E-state index in [0.29, 0.717) is 11.6 Å². The molecule has 0 spiro atoms. The molecule has 1 aromatic carbocycles. The zero-order valence-electron chi connectivity index (χ0n) is 14.9. The Bertz CT molecular complexity index is 769. The Hall–Kier alpha value is -1.88. The van der Waals surface area contributed by atoms with Gasteiger partial charge in [0.2, 0.25) is 10.0 Å². The first-order valence-corrected chi connectivity index (χ1v) is 10.6. The van der Waals surface area contributed by atoms with Crippen LogP contribution in [0.15, 0.2) is 29.2 Å². The van der Waals surface area contributed by atoms with Crippen LogP contribution in [0.5, 0.6) is 0 Å². The largest absolute Gasteiger partial charge is 0.336 e. The highest BCUT2D eigenvalue weighted by molar-refractivity contribution is 7.89. The van der Waals surface area contributed by atoms with E-state index in [1.165, 1.54) is 37.8 Å². The monoisotopic (exact) mass is 375 g/mol. The molecule has 7 heteroatoms. The third-order valence-corrected chi connectivity index (χ3v) is 6.64. The molecule has 1 aromatic rings. The second kappa shape index (κ2) is 8.21. The van der Waals surface area contributed by atoms with Crippen molar-refractivity contribution in [2.75, 3.05) is 32.7 Å². The molecule has 6 nitrogen and oxygen atoms in total. The van der Waals surface area contributed by atoms with E-state index in [0.717, 1.165) is 26.2 Å². The Kier molecular flexibility index (Phi) is 5.97. The van der Waals surface area contributed by atoms with Gasteiger partial charge >= 0.3 is 0 Å². The maximum Gasteiger partial charge on any atom is 0.253 e. The molecule has 1 heterocycles. The first-order chi connectivity index (χ1) is 12.5. The molecule has 3 rings (SSSR count). The van der Waals surface area contributed by atoms with Crippen LogP contribution in [-0.2, 0) is 10.0 Å². The summed E-state index contributed by atoms with van der Waals surface area (Å²) in [5.41, 5.74) is 0.509. The minimum Gasteiger partial charge on any atom is -0.336 e. The fourth-order valence-corrected chi connectivity index (χ4v) is 4.67. The lowest BCUT2D eigenvalue weighted by Gasteiger charge is -2.38. The van der Waals surface area contributed by atoms with Gasteiger partial charge in [0.05, 0.1) is 11.4 Å². The maximum absolute atomic E-state index is 12.7. The fraction of sp³-hybridized carbons (Fsp3) is 0.526. The van der Waals surface area contributed by atoms with Crippen LogP contribution in [-0.4, -0.2) is 62.9 Å². The molecule has 0 aromatic heterocycles. The van der Waals surface area contributed by atoms with Crippen LogP contribution in [0.4, 0.5) is 0 Å². The Morgan fingerprint density at radius 2 is 1.73 bits per heavy atom. The Balaban J connectivity index is 1.59. The third kappa shape index (κ3) is 4.26. The lowest BCUT2D eigenvalue weighted by molar-refractivity contribution is 0.0573. The van der Waals surface area contributed by atoms with Gasteiger partial charge in [-0.1, -0.05) is 18.8 Å². The number of amides is 1. The van der Waals surface area contributed by atoms with Crippen LogP contribution in [0.1, 0.15) is 36.0 Å². The summed E-state index contributed by atoms with van der Waals surface area (Å²) in [5.74, 6) is 2.19. The van der Waals surface area contributed by atoms with Gasteiger partial charge in [0.15, 0.2) is 0 Å². The smallest absolute Gasteiger partial charge is 0.253 e. The van der Waals surface area contributed by atoms with Crippen molar-refractivity contribution in [3.63, 3.8) is 0 Å². The number of carbonyl (C=O) groups is 1. The molecule has 1 saturated carbocycles. The number of hydrogen-bond donors (Lipinski definition) is 1. The normalized spacial score (nSPS) is 19.4. The van der Waals surface area contributed by atoms with Crippen LogP contribution in [0.3, 0.4) is 0 Å². The lowest BCUT2D eigenvalue weighted by Crippen LogP contribution is -2.51. The molecule has 0 radical (unpaired) electrons. The zero-order valence-corrected chi connectivity index (χ0v) is 15.7. The molecule has 0 atom stereocenters. The first kappa shape index (κ1) is 18.9. The van der Waals surface area contributed by atoms with Gasteiger partial charge in [-0.05, 0) is 37.1 Å². The number of rotatable bonds is 5. The summed E-state index contributed by atoms with van der Waals surface area (Å²) in [6, 6.07) is 6.71. The highest BCUT2D eigenvalue weighted by Gasteiger charge is 2.28. The molecule has 2 fully saturated rings. The van der Waals surface area contributed by atoms with E-state index >= 15 is 0 Å². The number of hydrogen-bond acceptors (Lipinski definition) is 4. The lowest BCUT2D eigenvalue weighted by atomic mass is 10.1. The van der Waals surface area contributed by atoms with E-state index in [1.54, 1.807) is 12.1 Å². The molecule has 1 saturated heterocycles. The predicted octanol–water partition coefficient (Wildman–Crippen LogP) is 1.30. The molecule has 140 valence electrons. The van der Waals surface area contributed by atoms with Gasteiger partial charge in [-0.15, -0.1) is 6.42 Å². The Morgan fingerprint density at radius 3 is 2.31 bits per heavy atom. The summed E-state index contributed by atoms with van der Waals surface area (Å²) >= 11 is 0. The van der Waals surface area contributed by atoms with Crippen molar-refractivity contribution in [2.24, 2.45) is 0 Å². The maximum atomic E-state index is 12.7. The van der Waals surface area contributed by atoms with Gasteiger partial charge in [-0.2, -0.15) is 4.72 Å². The molecular formula is C19H25N3O3S. The highest BCUT2D eigenvalue weighted by atomic mass is 32.2. The standard InChI is InChI=1S/C19H25N3O3S/c1-2-11-20-26(24,25)18-9-7-16(8-10-18)19(23)22-14-12-21(13-15-22)17-5-3-4-6-17/h1,7-10,17,20H,3-6,11-15H2. The summed E-state index contributed by atoms with van der Waals surface area (Å²) in [6.07, 6.45) is 10.3. The van der Waals surface area contributed by atoms with Gasteiger partial charge in [-0.25, -0.2) is 8.42 Å². The Labute approximate surface area is 155 Å². The van der Waals surface area contributed by atoms with Crippen molar-refractivity contribution in [2.45, 2.75) is 36.6 Å². The predicted molar refractivity (Wildman–Crippen MR) is 100 cm³/mol. The quantitative estimate of drug-likeness (QED) is 0.788. The molecule has 1 aliphatic heterocycles. The van der Waals surface area contributed by atoms with Crippen molar-refractivity contribution in [1.82, 2.24) is 14.5 Å². The summed E-state index contributed by atoms with van der Waals surface area (Å²) in [4.78, 5) is 17.1. The summed E-state index contributed by atoms with van der Waals surface area (Å²) < 4.78 is 26.4. The number of piperazine rings is 1. The molecular weight excluding hydrogens is 350 g/mol. The van der Waals surface area contributed by atoms with Crippen LogP contribution < -0.4 is 4.72 Å². The summed E-state index contributed by atoms with van der Waals surface area (Å²) in [6.45, 7) is 3.21. The number of sulfonamides is 1. The number of terminal acetylenes is 1. The molecule has 0 bridgehead atoms. The average molecular weight is 375 g/mol. The molecule has 2 aliphatic rings. The van der Waals surface area contributed by atoms with Gasteiger partial charge in [-0.3, -0.25) is 9.69 Å². The van der Waals surface area contributed by atoms with E-state index < -0.39 is 10.0 Å². The van der Waals surface area contributed by atoms with Crippen LogP contribution in [0.25, 0.3) is 0 Å². The van der Waals surface area contributed by atoms with Crippen molar-refractivity contribution >= 4 is 15.9 Å². The Morgan fingerprint density at radius 1 is 1.12 bits per heavy atom. The van der Waals surface area contributed by atoms with Crippen LogP contribution >= 0.6 is 0 Å². The summed E-state index contributed by atoms with van der Waals surface area (Å²) in [7, 11) is -3.63. The van der Waals surface area contributed by atoms with Crippen molar-refractivity contribution < 1.29 is 13.2 Å². The highest BCUT2D eigenvalue weighted by Crippen LogP contribution is 2.24. The number of carbonyl (C=O) groups excluding carboxylic acids is 1. The number of nitrogens with one attached hydrogen (secondary N) is 1. The topological polar surface area (TPSA) is 69.7 Å². The SMILES string of the molecule is C#CCNS(=O)(=O)c1ccc(C(=O)N2CCN(C3CCCC3)CC2)cc1.